The Hall–Kier alpha value is -2.63. The van der Waals surface area contributed by atoms with Gasteiger partial charge in [-0.2, -0.15) is 0 Å². The first-order chi connectivity index (χ1) is 9.58. The Morgan fingerprint density at radius 3 is 2.90 bits per heavy atom. The van der Waals surface area contributed by atoms with Gasteiger partial charge in [-0.25, -0.2) is 4.98 Å². The molecule has 1 heterocycles. The number of nitrogens with zero attached hydrogens (tertiary/aromatic N) is 1. The molecule has 0 saturated carbocycles. The second-order valence-electron chi connectivity index (χ2n) is 4.12. The summed E-state index contributed by atoms with van der Waals surface area (Å²) >= 11 is 0. The van der Waals surface area contributed by atoms with Crippen LogP contribution in [-0.2, 0) is 11.2 Å². The molecule has 0 atom stereocenters. The molecule has 0 aliphatic carbocycles. The first-order valence-electron chi connectivity index (χ1n) is 6.13. The van der Waals surface area contributed by atoms with Crippen molar-refractivity contribution in [1.29, 1.82) is 0 Å². The van der Waals surface area contributed by atoms with Crippen LogP contribution in [0.2, 0.25) is 0 Å². The van der Waals surface area contributed by atoms with Crippen LogP contribution in [0.15, 0.2) is 35.1 Å². The van der Waals surface area contributed by atoms with E-state index in [-0.39, 0.29) is 17.7 Å². The summed E-state index contributed by atoms with van der Waals surface area (Å²) in [6.45, 7) is 2.41. The van der Waals surface area contributed by atoms with Gasteiger partial charge in [-0.15, -0.1) is 0 Å². The SMILES string of the molecule is CCOc1cccc(-c2nc(CC(=O)O)cc(=O)[nH]2)c1. The molecule has 0 fully saturated rings. The number of carbonyl (C=O) groups is 1. The minimum Gasteiger partial charge on any atom is -0.494 e. The van der Waals surface area contributed by atoms with Gasteiger partial charge in [0.1, 0.15) is 11.6 Å². The molecule has 0 aliphatic rings. The Balaban J connectivity index is 2.41. The second kappa shape index (κ2) is 6.01. The van der Waals surface area contributed by atoms with Gasteiger partial charge in [0.25, 0.3) is 5.56 Å². The standard InChI is InChI=1S/C14H14N2O4/c1-2-20-11-5-3-4-9(6-11)14-15-10(8-13(18)19)7-12(17)16-14/h3-7H,2,8H2,1H3,(H,18,19)(H,15,16,17). The minimum absolute atomic E-state index is 0.220. The molecular formula is C14H14N2O4. The Kier molecular flexibility index (Phi) is 4.14. The Morgan fingerprint density at radius 1 is 1.40 bits per heavy atom. The lowest BCUT2D eigenvalue weighted by Gasteiger charge is -2.06. The van der Waals surface area contributed by atoms with Crippen LogP contribution in [0, 0.1) is 0 Å². The van der Waals surface area contributed by atoms with Crippen LogP contribution in [0.3, 0.4) is 0 Å². The average Bonchev–Trinajstić information content (AvgIpc) is 2.38. The fraction of sp³-hybridized carbons (Fsp3) is 0.214. The lowest BCUT2D eigenvalue weighted by atomic mass is 10.2. The zero-order valence-electron chi connectivity index (χ0n) is 10.9. The molecule has 1 aromatic carbocycles. The number of rotatable bonds is 5. The summed E-state index contributed by atoms with van der Waals surface area (Å²) in [4.78, 5) is 29.0. The summed E-state index contributed by atoms with van der Waals surface area (Å²) in [5.74, 6) is -0.0382. The molecule has 6 heteroatoms. The molecule has 20 heavy (non-hydrogen) atoms. The van der Waals surface area contributed by atoms with Gasteiger partial charge in [0, 0.05) is 11.6 Å². The summed E-state index contributed by atoms with van der Waals surface area (Å²) in [7, 11) is 0. The molecule has 104 valence electrons. The highest BCUT2D eigenvalue weighted by atomic mass is 16.5. The zero-order valence-corrected chi connectivity index (χ0v) is 10.9. The maximum Gasteiger partial charge on any atom is 0.309 e. The summed E-state index contributed by atoms with van der Waals surface area (Å²) in [6.07, 6.45) is -0.290. The number of hydrogen-bond donors (Lipinski definition) is 2. The molecule has 0 spiro atoms. The van der Waals surface area contributed by atoms with Gasteiger partial charge in [-0.05, 0) is 19.1 Å². The van der Waals surface area contributed by atoms with Crippen molar-refractivity contribution in [2.45, 2.75) is 13.3 Å². The third-order valence-electron chi connectivity index (χ3n) is 2.55. The van der Waals surface area contributed by atoms with Gasteiger partial charge in [0.05, 0.1) is 18.7 Å². The van der Waals surface area contributed by atoms with Gasteiger partial charge < -0.3 is 14.8 Å². The van der Waals surface area contributed by atoms with E-state index in [9.17, 15) is 9.59 Å². The number of benzene rings is 1. The number of carboxylic acid groups (broad SMARTS) is 1. The molecule has 0 unspecified atom stereocenters. The predicted molar refractivity (Wildman–Crippen MR) is 72.8 cm³/mol. The van der Waals surface area contributed by atoms with Crippen LogP contribution >= 0.6 is 0 Å². The van der Waals surface area contributed by atoms with Crippen LogP contribution in [-0.4, -0.2) is 27.7 Å². The van der Waals surface area contributed by atoms with Crippen LogP contribution in [0.4, 0.5) is 0 Å². The van der Waals surface area contributed by atoms with Crippen molar-refractivity contribution < 1.29 is 14.6 Å². The number of ether oxygens (including phenoxy) is 1. The van der Waals surface area contributed by atoms with Crippen LogP contribution in [0.1, 0.15) is 12.6 Å². The maximum atomic E-state index is 11.6. The number of nitrogens with one attached hydrogen (secondary N) is 1. The van der Waals surface area contributed by atoms with E-state index in [2.05, 4.69) is 9.97 Å². The number of aliphatic carboxylic acids is 1. The predicted octanol–water partition coefficient (Wildman–Crippen LogP) is 1.46. The summed E-state index contributed by atoms with van der Waals surface area (Å²) < 4.78 is 5.38. The number of aromatic nitrogens is 2. The number of hydrogen-bond acceptors (Lipinski definition) is 4. The first kappa shape index (κ1) is 13.8. The third kappa shape index (κ3) is 3.44. The van der Waals surface area contributed by atoms with Crippen LogP contribution in [0.25, 0.3) is 11.4 Å². The molecule has 0 radical (unpaired) electrons. The van der Waals surface area contributed by atoms with Crippen molar-refractivity contribution in [2.75, 3.05) is 6.61 Å². The molecule has 0 bridgehead atoms. The van der Waals surface area contributed by atoms with E-state index in [1.54, 1.807) is 24.3 Å². The van der Waals surface area contributed by atoms with Gasteiger partial charge >= 0.3 is 5.97 Å². The van der Waals surface area contributed by atoms with Crippen molar-refractivity contribution in [3.05, 3.63) is 46.4 Å². The topological polar surface area (TPSA) is 92.3 Å². The maximum absolute atomic E-state index is 11.6. The average molecular weight is 274 g/mol. The molecule has 0 saturated heterocycles. The Morgan fingerprint density at radius 2 is 2.20 bits per heavy atom. The highest BCUT2D eigenvalue weighted by Crippen LogP contribution is 2.20. The van der Waals surface area contributed by atoms with Gasteiger partial charge in [0.2, 0.25) is 0 Å². The van der Waals surface area contributed by atoms with E-state index >= 15 is 0 Å². The van der Waals surface area contributed by atoms with E-state index < -0.39 is 5.97 Å². The monoisotopic (exact) mass is 274 g/mol. The van der Waals surface area contributed by atoms with Gasteiger partial charge in [-0.1, -0.05) is 12.1 Å². The lowest BCUT2D eigenvalue weighted by molar-refractivity contribution is -0.136. The largest absolute Gasteiger partial charge is 0.494 e. The normalized spacial score (nSPS) is 10.2. The van der Waals surface area contributed by atoms with Crippen LogP contribution in [0.5, 0.6) is 5.75 Å². The van der Waals surface area contributed by atoms with E-state index in [1.165, 1.54) is 6.07 Å². The lowest BCUT2D eigenvalue weighted by Crippen LogP contribution is -2.13. The van der Waals surface area contributed by atoms with E-state index in [4.69, 9.17) is 9.84 Å². The summed E-state index contributed by atoms with van der Waals surface area (Å²) in [6, 6.07) is 8.28. The molecule has 6 nitrogen and oxygen atoms in total. The Bertz CT molecular complexity index is 679. The van der Waals surface area contributed by atoms with Crippen molar-refractivity contribution in [3.8, 4) is 17.1 Å². The van der Waals surface area contributed by atoms with Crippen molar-refractivity contribution in [1.82, 2.24) is 9.97 Å². The molecular weight excluding hydrogens is 260 g/mol. The third-order valence-corrected chi connectivity index (χ3v) is 2.55. The quantitative estimate of drug-likeness (QED) is 0.861. The van der Waals surface area contributed by atoms with Crippen LogP contribution < -0.4 is 10.3 Å². The van der Waals surface area contributed by atoms with Gasteiger partial charge in [0.15, 0.2) is 0 Å². The smallest absolute Gasteiger partial charge is 0.309 e. The zero-order chi connectivity index (χ0) is 14.5. The molecule has 1 aromatic heterocycles. The number of aromatic amines is 1. The minimum atomic E-state index is -1.03. The fourth-order valence-electron chi connectivity index (χ4n) is 1.79. The highest BCUT2D eigenvalue weighted by Gasteiger charge is 2.08. The van der Waals surface area contributed by atoms with Crippen molar-refractivity contribution in [2.24, 2.45) is 0 Å². The summed E-state index contributed by atoms with van der Waals surface area (Å²) in [5.41, 5.74) is 0.506. The molecule has 0 amide bonds. The van der Waals surface area contributed by atoms with E-state index in [1.807, 2.05) is 6.92 Å². The first-order valence-corrected chi connectivity index (χ1v) is 6.13. The van der Waals surface area contributed by atoms with Crippen molar-refractivity contribution >= 4 is 5.97 Å². The molecule has 2 aromatic rings. The van der Waals surface area contributed by atoms with E-state index in [0.717, 1.165) is 0 Å². The summed E-state index contributed by atoms with van der Waals surface area (Å²) in [5, 5.41) is 8.76. The highest BCUT2D eigenvalue weighted by molar-refractivity contribution is 5.69. The Labute approximate surface area is 115 Å². The van der Waals surface area contributed by atoms with Crippen molar-refractivity contribution in [3.63, 3.8) is 0 Å². The van der Waals surface area contributed by atoms with E-state index in [0.29, 0.717) is 23.7 Å². The fourth-order valence-corrected chi connectivity index (χ4v) is 1.79. The number of H-pyrrole nitrogens is 1. The molecule has 0 aliphatic heterocycles. The second-order valence-corrected chi connectivity index (χ2v) is 4.12. The molecule has 2 N–H and O–H groups in total. The molecule has 2 rings (SSSR count). The van der Waals surface area contributed by atoms with Gasteiger partial charge in [-0.3, -0.25) is 9.59 Å². The number of carboxylic acids is 1.